The Bertz CT molecular complexity index is 406. The molecule has 0 aliphatic carbocycles. The van der Waals surface area contributed by atoms with Gasteiger partial charge in [-0.15, -0.1) is 0 Å². The number of para-hydroxylation sites is 1. The Hall–Kier alpha value is -2.04. The van der Waals surface area contributed by atoms with E-state index >= 15 is 0 Å². The molecule has 1 rings (SSSR count). The van der Waals surface area contributed by atoms with E-state index < -0.39 is 5.97 Å². The third-order valence-corrected chi connectivity index (χ3v) is 2.86. The van der Waals surface area contributed by atoms with Crippen molar-refractivity contribution < 1.29 is 14.7 Å². The number of benzene rings is 1. The van der Waals surface area contributed by atoms with Gasteiger partial charge in [-0.1, -0.05) is 31.5 Å². The minimum Gasteiger partial charge on any atom is -0.481 e. The Morgan fingerprint density at radius 3 is 2.53 bits per heavy atom. The number of carboxylic acid groups (broad SMARTS) is 1. The zero-order valence-corrected chi connectivity index (χ0v) is 11.1. The van der Waals surface area contributed by atoms with Crippen LogP contribution in [-0.4, -0.2) is 30.1 Å². The molecule has 104 valence electrons. The fourth-order valence-corrected chi connectivity index (χ4v) is 1.67. The largest absolute Gasteiger partial charge is 0.481 e. The summed E-state index contributed by atoms with van der Waals surface area (Å²) in [5.41, 5.74) is 0.884. The maximum atomic E-state index is 11.6. The molecule has 0 spiro atoms. The standard InChI is InChI=1S/C14H20N2O3/c1-2-11(8-14(18)19)9-16-13(17)10-15-12-6-4-3-5-7-12/h3-7,11,15H,2,8-10H2,1H3,(H,16,17)(H,18,19). The molecule has 0 saturated carbocycles. The smallest absolute Gasteiger partial charge is 0.303 e. The van der Waals surface area contributed by atoms with Gasteiger partial charge in [-0.05, 0) is 18.1 Å². The lowest BCUT2D eigenvalue weighted by Crippen LogP contribution is -2.34. The van der Waals surface area contributed by atoms with E-state index in [-0.39, 0.29) is 24.8 Å². The lowest BCUT2D eigenvalue weighted by molar-refractivity contribution is -0.138. The molecule has 1 unspecified atom stereocenters. The molecule has 0 heterocycles. The Morgan fingerprint density at radius 1 is 1.26 bits per heavy atom. The number of rotatable bonds is 8. The van der Waals surface area contributed by atoms with Crippen LogP contribution >= 0.6 is 0 Å². The second kappa shape index (κ2) is 8.13. The summed E-state index contributed by atoms with van der Waals surface area (Å²) in [4.78, 5) is 22.2. The molecule has 1 aromatic rings. The number of aliphatic carboxylic acids is 1. The zero-order chi connectivity index (χ0) is 14.1. The van der Waals surface area contributed by atoms with Crippen LogP contribution in [0, 0.1) is 5.92 Å². The van der Waals surface area contributed by atoms with Crippen molar-refractivity contribution >= 4 is 17.6 Å². The molecule has 0 saturated heterocycles. The summed E-state index contributed by atoms with van der Waals surface area (Å²) in [6.07, 6.45) is 0.821. The zero-order valence-electron chi connectivity index (χ0n) is 11.1. The highest BCUT2D eigenvalue weighted by Crippen LogP contribution is 2.06. The third-order valence-electron chi connectivity index (χ3n) is 2.86. The van der Waals surface area contributed by atoms with Crippen LogP contribution in [0.4, 0.5) is 5.69 Å². The van der Waals surface area contributed by atoms with E-state index in [1.165, 1.54) is 0 Å². The maximum Gasteiger partial charge on any atom is 0.303 e. The van der Waals surface area contributed by atoms with Crippen molar-refractivity contribution in [3.63, 3.8) is 0 Å². The van der Waals surface area contributed by atoms with Gasteiger partial charge in [0.1, 0.15) is 0 Å². The molecule has 0 aromatic heterocycles. The monoisotopic (exact) mass is 264 g/mol. The fourth-order valence-electron chi connectivity index (χ4n) is 1.67. The minimum atomic E-state index is -0.830. The van der Waals surface area contributed by atoms with Gasteiger partial charge in [-0.25, -0.2) is 0 Å². The van der Waals surface area contributed by atoms with Crippen LogP contribution in [0.5, 0.6) is 0 Å². The average molecular weight is 264 g/mol. The summed E-state index contributed by atoms with van der Waals surface area (Å²) in [6.45, 7) is 2.51. The van der Waals surface area contributed by atoms with Gasteiger partial charge in [-0.2, -0.15) is 0 Å². The summed E-state index contributed by atoms with van der Waals surface area (Å²) >= 11 is 0. The Labute approximate surface area is 113 Å². The number of carbonyl (C=O) groups excluding carboxylic acids is 1. The number of carbonyl (C=O) groups is 2. The van der Waals surface area contributed by atoms with Gasteiger partial charge in [0.25, 0.3) is 0 Å². The van der Waals surface area contributed by atoms with Crippen molar-refractivity contribution in [2.75, 3.05) is 18.4 Å². The molecular formula is C14H20N2O3. The molecule has 19 heavy (non-hydrogen) atoms. The van der Waals surface area contributed by atoms with Crippen LogP contribution < -0.4 is 10.6 Å². The number of amides is 1. The molecule has 0 radical (unpaired) electrons. The van der Waals surface area contributed by atoms with Crippen molar-refractivity contribution in [3.8, 4) is 0 Å². The van der Waals surface area contributed by atoms with Crippen molar-refractivity contribution in [1.82, 2.24) is 5.32 Å². The number of hydrogen-bond donors (Lipinski definition) is 3. The van der Waals surface area contributed by atoms with Crippen LogP contribution in [0.15, 0.2) is 30.3 Å². The van der Waals surface area contributed by atoms with Gasteiger partial charge in [0.15, 0.2) is 0 Å². The van der Waals surface area contributed by atoms with Gasteiger partial charge >= 0.3 is 5.97 Å². The molecule has 0 bridgehead atoms. The predicted molar refractivity (Wildman–Crippen MR) is 74.0 cm³/mol. The van der Waals surface area contributed by atoms with Gasteiger partial charge < -0.3 is 15.7 Å². The fraction of sp³-hybridized carbons (Fsp3) is 0.429. The van der Waals surface area contributed by atoms with Crippen molar-refractivity contribution in [2.45, 2.75) is 19.8 Å². The first-order valence-electron chi connectivity index (χ1n) is 6.39. The Morgan fingerprint density at radius 2 is 1.95 bits per heavy atom. The molecule has 1 atom stereocenters. The van der Waals surface area contributed by atoms with Gasteiger partial charge in [0.2, 0.25) is 5.91 Å². The van der Waals surface area contributed by atoms with Crippen molar-refractivity contribution in [3.05, 3.63) is 30.3 Å². The summed E-state index contributed by atoms with van der Waals surface area (Å²) < 4.78 is 0. The number of nitrogens with one attached hydrogen (secondary N) is 2. The summed E-state index contributed by atoms with van der Waals surface area (Å²) in [6, 6.07) is 9.45. The first-order chi connectivity index (χ1) is 9.11. The number of carboxylic acids is 1. The normalized spacial score (nSPS) is 11.6. The maximum absolute atomic E-state index is 11.6. The van der Waals surface area contributed by atoms with Crippen LogP contribution in [0.2, 0.25) is 0 Å². The molecular weight excluding hydrogens is 244 g/mol. The topological polar surface area (TPSA) is 78.4 Å². The summed E-state index contributed by atoms with van der Waals surface area (Å²) in [5.74, 6) is -0.977. The summed E-state index contributed by atoms with van der Waals surface area (Å²) in [5, 5.41) is 14.5. The Balaban J connectivity index is 2.25. The molecule has 5 nitrogen and oxygen atoms in total. The Kier molecular flexibility index (Phi) is 6.43. The lowest BCUT2D eigenvalue weighted by Gasteiger charge is -2.13. The van der Waals surface area contributed by atoms with E-state index in [2.05, 4.69) is 10.6 Å². The number of anilines is 1. The van der Waals surface area contributed by atoms with E-state index in [1.807, 2.05) is 37.3 Å². The highest BCUT2D eigenvalue weighted by Gasteiger charge is 2.12. The van der Waals surface area contributed by atoms with E-state index in [0.29, 0.717) is 6.54 Å². The van der Waals surface area contributed by atoms with Crippen LogP contribution in [0.25, 0.3) is 0 Å². The summed E-state index contributed by atoms with van der Waals surface area (Å²) in [7, 11) is 0. The number of hydrogen-bond acceptors (Lipinski definition) is 3. The second-order valence-corrected chi connectivity index (χ2v) is 4.40. The van der Waals surface area contributed by atoms with E-state index in [4.69, 9.17) is 5.11 Å². The molecule has 0 aliphatic heterocycles. The average Bonchev–Trinajstić information content (AvgIpc) is 2.42. The third kappa shape index (κ3) is 6.45. The van der Waals surface area contributed by atoms with Gasteiger partial charge in [-0.3, -0.25) is 9.59 Å². The van der Waals surface area contributed by atoms with Crippen molar-refractivity contribution in [2.24, 2.45) is 5.92 Å². The van der Waals surface area contributed by atoms with Gasteiger partial charge in [0.05, 0.1) is 6.54 Å². The van der Waals surface area contributed by atoms with E-state index in [0.717, 1.165) is 12.1 Å². The first kappa shape index (κ1) is 15.0. The second-order valence-electron chi connectivity index (χ2n) is 4.40. The van der Waals surface area contributed by atoms with Crippen LogP contribution in [0.1, 0.15) is 19.8 Å². The van der Waals surface area contributed by atoms with Crippen LogP contribution in [-0.2, 0) is 9.59 Å². The molecule has 5 heteroatoms. The molecule has 0 aliphatic rings. The molecule has 1 amide bonds. The molecule has 3 N–H and O–H groups in total. The van der Waals surface area contributed by atoms with E-state index in [1.54, 1.807) is 0 Å². The van der Waals surface area contributed by atoms with Crippen LogP contribution in [0.3, 0.4) is 0 Å². The molecule has 1 aromatic carbocycles. The van der Waals surface area contributed by atoms with E-state index in [9.17, 15) is 9.59 Å². The first-order valence-corrected chi connectivity index (χ1v) is 6.39. The molecule has 0 fully saturated rings. The highest BCUT2D eigenvalue weighted by atomic mass is 16.4. The van der Waals surface area contributed by atoms with Gasteiger partial charge in [0, 0.05) is 18.7 Å². The minimum absolute atomic E-state index is 0.0156. The van der Waals surface area contributed by atoms with Crippen molar-refractivity contribution in [1.29, 1.82) is 0 Å². The predicted octanol–water partition coefficient (Wildman–Crippen LogP) is 1.72. The quantitative estimate of drug-likeness (QED) is 0.668. The lowest BCUT2D eigenvalue weighted by atomic mass is 10.0. The SMILES string of the molecule is CCC(CNC(=O)CNc1ccccc1)CC(=O)O. The highest BCUT2D eigenvalue weighted by molar-refractivity contribution is 5.80.